The van der Waals surface area contributed by atoms with Crippen LogP contribution in [0.25, 0.3) is 0 Å². The van der Waals surface area contributed by atoms with Gasteiger partial charge in [-0.15, -0.1) is 5.10 Å². The fraction of sp³-hybridized carbons (Fsp3) is 0.700. The first-order valence-corrected chi connectivity index (χ1v) is 5.36. The Hall–Kier alpha value is -1.43. The maximum Gasteiger partial charge on any atom is 0.307 e. The summed E-state index contributed by atoms with van der Waals surface area (Å²) in [5, 5.41) is 10.8. The highest BCUT2D eigenvalue weighted by atomic mass is 16.5. The van der Waals surface area contributed by atoms with E-state index in [1.807, 2.05) is 13.1 Å². The second-order valence-corrected chi connectivity index (χ2v) is 3.66. The lowest BCUT2D eigenvalue weighted by molar-refractivity contribution is -0.141. The number of hydrogen-bond donors (Lipinski definition) is 1. The van der Waals surface area contributed by atoms with Crippen LogP contribution in [0.4, 0.5) is 0 Å². The standard InChI is InChI=1S/C10H18N4O2/c1-9(8-10(15)16-2)11-4-3-6-14-7-5-12-13-14/h5,7,9,11H,3-4,6,8H2,1-2H3. The summed E-state index contributed by atoms with van der Waals surface area (Å²) < 4.78 is 6.37. The predicted octanol–water partition coefficient (Wildman–Crippen LogP) is 0.209. The van der Waals surface area contributed by atoms with Gasteiger partial charge >= 0.3 is 5.97 Å². The topological polar surface area (TPSA) is 69.0 Å². The van der Waals surface area contributed by atoms with Crippen molar-refractivity contribution in [2.24, 2.45) is 0 Å². The van der Waals surface area contributed by atoms with Gasteiger partial charge in [0.25, 0.3) is 0 Å². The van der Waals surface area contributed by atoms with Crippen LogP contribution in [0.15, 0.2) is 12.4 Å². The Bertz CT molecular complexity index is 300. The zero-order valence-electron chi connectivity index (χ0n) is 9.72. The fourth-order valence-corrected chi connectivity index (χ4v) is 1.35. The van der Waals surface area contributed by atoms with Crippen molar-refractivity contribution in [3.8, 4) is 0 Å². The molecular formula is C10H18N4O2. The molecule has 1 aromatic rings. The first-order chi connectivity index (χ1) is 7.72. The molecule has 1 unspecified atom stereocenters. The zero-order valence-corrected chi connectivity index (χ0v) is 9.72. The van der Waals surface area contributed by atoms with Gasteiger partial charge in [-0.25, -0.2) is 0 Å². The maximum absolute atomic E-state index is 11.0. The Morgan fingerprint density at radius 3 is 3.06 bits per heavy atom. The van der Waals surface area contributed by atoms with Gasteiger partial charge in [0.15, 0.2) is 0 Å². The van der Waals surface area contributed by atoms with Gasteiger partial charge in [0.2, 0.25) is 0 Å². The normalized spacial score (nSPS) is 12.4. The summed E-state index contributed by atoms with van der Waals surface area (Å²) in [6.45, 7) is 3.64. The first kappa shape index (κ1) is 12.6. The molecule has 0 aliphatic heterocycles. The number of esters is 1. The molecule has 1 atom stereocenters. The molecule has 6 heteroatoms. The highest BCUT2D eigenvalue weighted by Crippen LogP contribution is 1.93. The van der Waals surface area contributed by atoms with E-state index in [0.29, 0.717) is 6.42 Å². The number of aromatic nitrogens is 3. The molecule has 90 valence electrons. The van der Waals surface area contributed by atoms with Crippen LogP contribution in [0.5, 0.6) is 0 Å². The highest BCUT2D eigenvalue weighted by Gasteiger charge is 2.07. The molecule has 0 spiro atoms. The van der Waals surface area contributed by atoms with Crippen molar-refractivity contribution in [1.82, 2.24) is 20.3 Å². The number of hydrogen-bond acceptors (Lipinski definition) is 5. The van der Waals surface area contributed by atoms with E-state index in [9.17, 15) is 4.79 Å². The number of rotatable bonds is 7. The van der Waals surface area contributed by atoms with Gasteiger partial charge in [0.05, 0.1) is 19.7 Å². The number of nitrogens with one attached hydrogen (secondary N) is 1. The monoisotopic (exact) mass is 226 g/mol. The molecule has 1 N–H and O–H groups in total. The van der Waals surface area contributed by atoms with Gasteiger partial charge in [-0.2, -0.15) is 0 Å². The number of carbonyl (C=O) groups is 1. The smallest absolute Gasteiger partial charge is 0.307 e. The van der Waals surface area contributed by atoms with Crippen molar-refractivity contribution < 1.29 is 9.53 Å². The quantitative estimate of drug-likeness (QED) is 0.531. The predicted molar refractivity (Wildman–Crippen MR) is 58.7 cm³/mol. The summed E-state index contributed by atoms with van der Waals surface area (Å²) >= 11 is 0. The number of aryl methyl sites for hydroxylation is 1. The summed E-state index contributed by atoms with van der Waals surface area (Å²) in [5.41, 5.74) is 0. The van der Waals surface area contributed by atoms with Crippen LogP contribution < -0.4 is 5.32 Å². The molecule has 1 aromatic heterocycles. The van der Waals surface area contributed by atoms with Crippen LogP contribution in [0, 0.1) is 0 Å². The van der Waals surface area contributed by atoms with Crippen LogP contribution in [-0.2, 0) is 16.1 Å². The third kappa shape index (κ3) is 4.88. The molecule has 1 rings (SSSR count). The first-order valence-electron chi connectivity index (χ1n) is 5.36. The summed E-state index contributed by atoms with van der Waals surface area (Å²) in [6.07, 6.45) is 4.85. The Balaban J connectivity index is 2.04. The van der Waals surface area contributed by atoms with E-state index in [4.69, 9.17) is 0 Å². The Morgan fingerprint density at radius 1 is 1.62 bits per heavy atom. The summed E-state index contributed by atoms with van der Waals surface area (Å²) in [5.74, 6) is -0.184. The minimum absolute atomic E-state index is 0.142. The molecule has 0 amide bonds. The zero-order chi connectivity index (χ0) is 11.8. The lowest BCUT2D eigenvalue weighted by atomic mass is 10.2. The van der Waals surface area contributed by atoms with Gasteiger partial charge in [0, 0.05) is 18.8 Å². The average Bonchev–Trinajstić information content (AvgIpc) is 2.77. The van der Waals surface area contributed by atoms with Crippen LogP contribution in [0.3, 0.4) is 0 Å². The van der Waals surface area contributed by atoms with E-state index in [1.54, 1.807) is 10.9 Å². The van der Waals surface area contributed by atoms with E-state index in [1.165, 1.54) is 7.11 Å². The van der Waals surface area contributed by atoms with Gasteiger partial charge in [0.1, 0.15) is 0 Å². The van der Waals surface area contributed by atoms with E-state index >= 15 is 0 Å². The molecule has 6 nitrogen and oxygen atoms in total. The fourth-order valence-electron chi connectivity index (χ4n) is 1.35. The summed E-state index contributed by atoms with van der Waals surface area (Å²) in [6, 6.07) is 0.142. The van der Waals surface area contributed by atoms with Crippen molar-refractivity contribution in [2.75, 3.05) is 13.7 Å². The minimum Gasteiger partial charge on any atom is -0.469 e. The van der Waals surface area contributed by atoms with Crippen molar-refractivity contribution >= 4 is 5.97 Å². The lowest BCUT2D eigenvalue weighted by Gasteiger charge is -2.11. The minimum atomic E-state index is -0.184. The largest absolute Gasteiger partial charge is 0.469 e. The second kappa shape index (κ2) is 6.95. The Morgan fingerprint density at radius 2 is 2.44 bits per heavy atom. The summed E-state index contributed by atoms with van der Waals surface area (Å²) in [7, 11) is 1.40. The Kier molecular flexibility index (Phi) is 5.49. The molecular weight excluding hydrogens is 208 g/mol. The number of ether oxygens (including phenoxy) is 1. The van der Waals surface area contributed by atoms with Crippen LogP contribution in [0.2, 0.25) is 0 Å². The lowest BCUT2D eigenvalue weighted by Crippen LogP contribution is -2.30. The van der Waals surface area contributed by atoms with E-state index in [0.717, 1.165) is 19.5 Å². The molecule has 0 saturated carbocycles. The van der Waals surface area contributed by atoms with Crippen molar-refractivity contribution in [1.29, 1.82) is 0 Å². The van der Waals surface area contributed by atoms with Crippen LogP contribution in [-0.4, -0.2) is 40.7 Å². The molecule has 0 bridgehead atoms. The SMILES string of the molecule is COC(=O)CC(C)NCCCn1ccnn1. The Labute approximate surface area is 95.0 Å². The van der Waals surface area contributed by atoms with Crippen LogP contribution in [0.1, 0.15) is 19.8 Å². The van der Waals surface area contributed by atoms with Gasteiger partial charge in [-0.1, -0.05) is 5.21 Å². The number of methoxy groups -OCH3 is 1. The highest BCUT2D eigenvalue weighted by molar-refractivity contribution is 5.69. The molecule has 0 saturated heterocycles. The van der Waals surface area contributed by atoms with Gasteiger partial charge < -0.3 is 10.1 Å². The van der Waals surface area contributed by atoms with Crippen molar-refractivity contribution in [3.05, 3.63) is 12.4 Å². The van der Waals surface area contributed by atoms with Crippen molar-refractivity contribution in [2.45, 2.75) is 32.4 Å². The molecule has 0 fully saturated rings. The second-order valence-electron chi connectivity index (χ2n) is 3.66. The number of nitrogens with zero attached hydrogens (tertiary/aromatic N) is 3. The molecule has 16 heavy (non-hydrogen) atoms. The van der Waals surface area contributed by atoms with E-state index < -0.39 is 0 Å². The van der Waals surface area contributed by atoms with Gasteiger partial charge in [-0.05, 0) is 19.9 Å². The van der Waals surface area contributed by atoms with Crippen molar-refractivity contribution in [3.63, 3.8) is 0 Å². The van der Waals surface area contributed by atoms with E-state index in [-0.39, 0.29) is 12.0 Å². The molecule has 1 heterocycles. The summed E-state index contributed by atoms with van der Waals surface area (Å²) in [4.78, 5) is 11.0. The number of carbonyl (C=O) groups excluding carboxylic acids is 1. The molecule has 0 aromatic carbocycles. The van der Waals surface area contributed by atoms with E-state index in [2.05, 4.69) is 20.4 Å². The van der Waals surface area contributed by atoms with Gasteiger partial charge in [-0.3, -0.25) is 9.48 Å². The third-order valence-corrected chi connectivity index (χ3v) is 2.23. The maximum atomic E-state index is 11.0. The third-order valence-electron chi connectivity index (χ3n) is 2.23. The molecule has 0 radical (unpaired) electrons. The molecule has 0 aliphatic carbocycles. The average molecular weight is 226 g/mol. The molecule has 0 aliphatic rings. The van der Waals surface area contributed by atoms with Crippen LogP contribution >= 0.6 is 0 Å².